The molecule has 2 unspecified atom stereocenters. The van der Waals surface area contributed by atoms with Gasteiger partial charge in [-0.3, -0.25) is 14.4 Å². The number of nitrogens with one attached hydrogen (secondary N) is 1. The predicted octanol–water partition coefficient (Wildman–Crippen LogP) is 3.77. The van der Waals surface area contributed by atoms with Gasteiger partial charge in [0.05, 0.1) is 42.2 Å². The maximum absolute atomic E-state index is 13.2. The molecule has 0 fully saturated rings. The molecule has 0 spiro atoms. The van der Waals surface area contributed by atoms with E-state index in [0.29, 0.717) is 6.42 Å². The van der Waals surface area contributed by atoms with E-state index in [-0.39, 0.29) is 22.7 Å². The Labute approximate surface area is 180 Å². The number of hydrogen-bond acceptors (Lipinski definition) is 6. The zero-order valence-corrected chi connectivity index (χ0v) is 18.8. The molecule has 0 aliphatic rings. The van der Waals surface area contributed by atoms with Crippen LogP contribution in [0.2, 0.25) is 5.02 Å². The Morgan fingerprint density at radius 1 is 1.13 bits per heavy atom. The number of esters is 2. The number of ether oxygens (including phenoxy) is 2. The molecule has 0 saturated heterocycles. The Morgan fingerprint density at radius 2 is 1.73 bits per heavy atom. The maximum atomic E-state index is 13.2. The summed E-state index contributed by atoms with van der Waals surface area (Å²) in [4.78, 5) is 49.6. The first-order valence-electron chi connectivity index (χ1n) is 9.36. The molecule has 1 aromatic rings. The second kappa shape index (κ2) is 9.93. The molecule has 0 bridgehead atoms. The van der Waals surface area contributed by atoms with Gasteiger partial charge in [-0.05, 0) is 51.8 Å². The van der Waals surface area contributed by atoms with Crippen LogP contribution in [0.3, 0.4) is 0 Å². The van der Waals surface area contributed by atoms with Crippen LogP contribution in [0.25, 0.3) is 0 Å². The number of methoxy groups -OCH3 is 2. The van der Waals surface area contributed by atoms with Crippen LogP contribution in [0.15, 0.2) is 18.2 Å². The molecule has 1 aromatic carbocycles. The highest BCUT2D eigenvalue weighted by Gasteiger charge is 2.54. The molecule has 0 saturated carbocycles. The van der Waals surface area contributed by atoms with E-state index in [9.17, 15) is 24.3 Å². The first-order valence-corrected chi connectivity index (χ1v) is 9.74. The first kappa shape index (κ1) is 25.4. The molecule has 9 heteroatoms. The van der Waals surface area contributed by atoms with Gasteiger partial charge < -0.3 is 19.9 Å². The van der Waals surface area contributed by atoms with Crippen molar-refractivity contribution in [2.75, 3.05) is 19.5 Å². The molecule has 8 nitrogen and oxygen atoms in total. The number of amides is 1. The second-order valence-corrected chi connectivity index (χ2v) is 8.17. The van der Waals surface area contributed by atoms with Crippen molar-refractivity contribution >= 4 is 41.1 Å². The zero-order valence-electron chi connectivity index (χ0n) is 18.0. The lowest BCUT2D eigenvalue weighted by Gasteiger charge is -2.42. The summed E-state index contributed by atoms with van der Waals surface area (Å²) in [6.07, 6.45) is 0.402. The monoisotopic (exact) mass is 441 g/mol. The number of carboxylic acids is 1. The third-order valence-electron chi connectivity index (χ3n) is 5.73. The van der Waals surface area contributed by atoms with E-state index < -0.39 is 40.6 Å². The van der Waals surface area contributed by atoms with Gasteiger partial charge in [-0.1, -0.05) is 18.5 Å². The number of carboxylic acid groups (broad SMARTS) is 1. The molecule has 1 rings (SSSR count). The summed E-state index contributed by atoms with van der Waals surface area (Å²) in [7, 11) is 2.46. The third-order valence-corrected chi connectivity index (χ3v) is 5.96. The lowest BCUT2D eigenvalue weighted by atomic mass is 9.61. The number of anilines is 1. The molecule has 0 aliphatic heterocycles. The molecule has 0 radical (unpaired) electrons. The molecule has 2 atom stereocenters. The Balaban J connectivity index is 3.39. The number of benzene rings is 1. The Morgan fingerprint density at radius 3 is 2.20 bits per heavy atom. The second-order valence-electron chi connectivity index (χ2n) is 7.73. The third kappa shape index (κ3) is 5.11. The van der Waals surface area contributed by atoms with Gasteiger partial charge in [-0.15, -0.1) is 0 Å². The lowest BCUT2D eigenvalue weighted by Crippen LogP contribution is -2.51. The number of aromatic carboxylic acids is 1. The number of rotatable bonds is 9. The molecule has 1 amide bonds. The molecular formula is C21H28ClNO7. The lowest BCUT2D eigenvalue weighted by molar-refractivity contribution is -0.167. The van der Waals surface area contributed by atoms with E-state index in [1.54, 1.807) is 13.8 Å². The topological polar surface area (TPSA) is 119 Å². The van der Waals surface area contributed by atoms with E-state index in [1.165, 1.54) is 46.3 Å². The Hall–Kier alpha value is -2.61. The van der Waals surface area contributed by atoms with E-state index in [4.69, 9.17) is 21.1 Å². The normalized spacial score (nSPS) is 14.2. The summed E-state index contributed by atoms with van der Waals surface area (Å²) in [6, 6.07) is 3.99. The molecule has 0 aliphatic carbocycles. The van der Waals surface area contributed by atoms with Crippen LogP contribution in [0.4, 0.5) is 5.69 Å². The summed E-state index contributed by atoms with van der Waals surface area (Å²) >= 11 is 5.95. The van der Waals surface area contributed by atoms with Crippen molar-refractivity contribution in [3.63, 3.8) is 0 Å². The first-order chi connectivity index (χ1) is 13.8. The maximum Gasteiger partial charge on any atom is 0.337 e. The van der Waals surface area contributed by atoms with Crippen LogP contribution < -0.4 is 5.32 Å². The highest BCUT2D eigenvalue weighted by atomic mass is 35.5. The van der Waals surface area contributed by atoms with Gasteiger partial charge >= 0.3 is 17.9 Å². The summed E-state index contributed by atoms with van der Waals surface area (Å²) in [5.74, 6) is -3.67. The van der Waals surface area contributed by atoms with Crippen molar-refractivity contribution in [1.82, 2.24) is 0 Å². The van der Waals surface area contributed by atoms with Crippen LogP contribution in [0.1, 0.15) is 50.9 Å². The molecule has 2 N–H and O–H groups in total. The van der Waals surface area contributed by atoms with Gasteiger partial charge in [0.1, 0.15) is 0 Å². The van der Waals surface area contributed by atoms with Gasteiger partial charge in [0.15, 0.2) is 0 Å². The average Bonchev–Trinajstić information content (AvgIpc) is 2.69. The fourth-order valence-electron chi connectivity index (χ4n) is 3.21. The molecule has 0 heterocycles. The minimum Gasteiger partial charge on any atom is -0.478 e. The zero-order chi connectivity index (χ0) is 23.3. The predicted molar refractivity (Wildman–Crippen MR) is 111 cm³/mol. The minimum atomic E-state index is -1.41. The van der Waals surface area contributed by atoms with Crippen LogP contribution in [-0.4, -0.2) is 43.1 Å². The van der Waals surface area contributed by atoms with Gasteiger partial charge in [-0.2, -0.15) is 0 Å². The number of carbonyl (C=O) groups is 4. The van der Waals surface area contributed by atoms with Gasteiger partial charge in [0.25, 0.3) is 0 Å². The van der Waals surface area contributed by atoms with Crippen molar-refractivity contribution in [2.45, 2.75) is 40.5 Å². The molecular weight excluding hydrogens is 414 g/mol. The van der Waals surface area contributed by atoms with Crippen LogP contribution >= 0.6 is 11.6 Å². The van der Waals surface area contributed by atoms with Gasteiger partial charge in [0, 0.05) is 5.02 Å². The molecule has 0 aromatic heterocycles. The van der Waals surface area contributed by atoms with Gasteiger partial charge in [-0.25, -0.2) is 4.79 Å². The Kier molecular flexibility index (Phi) is 8.42. The summed E-state index contributed by atoms with van der Waals surface area (Å²) in [6.45, 7) is 6.39. The van der Waals surface area contributed by atoms with E-state index in [1.807, 2.05) is 0 Å². The minimum absolute atomic E-state index is 0.000278. The quantitative estimate of drug-likeness (QED) is 0.559. The number of halogens is 1. The van der Waals surface area contributed by atoms with Crippen molar-refractivity contribution in [3.05, 3.63) is 28.8 Å². The molecule has 166 valence electrons. The van der Waals surface area contributed by atoms with Crippen molar-refractivity contribution in [1.29, 1.82) is 0 Å². The summed E-state index contributed by atoms with van der Waals surface area (Å²) in [5, 5.41) is 12.2. The SMILES string of the molecule is CCC(CC(C)(C(=O)OC)C(C)(C)C(=O)Nc1cc(Cl)ccc1C(=O)O)C(=O)OC. The summed E-state index contributed by atoms with van der Waals surface area (Å²) < 4.78 is 9.77. The standard InChI is InChI=1S/C21H28ClNO7/c1-7-12(17(26)29-5)11-21(4,19(28)30-6)20(2,3)18(27)23-15-10-13(22)8-9-14(15)16(24)25/h8-10,12H,7,11H2,1-6H3,(H,23,27)(H,24,25). The van der Waals surface area contributed by atoms with Gasteiger partial charge in [0.2, 0.25) is 5.91 Å². The molecule has 30 heavy (non-hydrogen) atoms. The average molecular weight is 442 g/mol. The highest BCUT2D eigenvalue weighted by Crippen LogP contribution is 2.46. The summed E-state index contributed by atoms with van der Waals surface area (Å²) in [5.41, 5.74) is -2.95. The van der Waals surface area contributed by atoms with Crippen LogP contribution in [0.5, 0.6) is 0 Å². The number of hydrogen-bond donors (Lipinski definition) is 2. The van der Waals surface area contributed by atoms with Crippen molar-refractivity contribution in [3.8, 4) is 0 Å². The fraction of sp³-hybridized carbons (Fsp3) is 0.524. The highest BCUT2D eigenvalue weighted by molar-refractivity contribution is 6.31. The smallest absolute Gasteiger partial charge is 0.337 e. The largest absolute Gasteiger partial charge is 0.478 e. The van der Waals surface area contributed by atoms with E-state index >= 15 is 0 Å². The van der Waals surface area contributed by atoms with Crippen molar-refractivity contribution in [2.24, 2.45) is 16.7 Å². The number of carbonyl (C=O) groups excluding carboxylic acids is 3. The van der Waals surface area contributed by atoms with Crippen molar-refractivity contribution < 1.29 is 33.8 Å². The fourth-order valence-corrected chi connectivity index (χ4v) is 3.38. The van der Waals surface area contributed by atoms with Crippen LogP contribution in [0, 0.1) is 16.7 Å². The van der Waals surface area contributed by atoms with Crippen LogP contribution in [-0.2, 0) is 23.9 Å². The van der Waals surface area contributed by atoms with E-state index in [2.05, 4.69) is 5.32 Å². The Bertz CT molecular complexity index is 837. The van der Waals surface area contributed by atoms with E-state index in [0.717, 1.165) is 0 Å².